The van der Waals surface area contributed by atoms with Gasteiger partial charge in [-0.1, -0.05) is 6.92 Å². The number of amides is 1. The Morgan fingerprint density at radius 1 is 1.43 bits per heavy atom. The second-order valence-corrected chi connectivity index (χ2v) is 4.88. The van der Waals surface area contributed by atoms with Gasteiger partial charge in [-0.05, 0) is 20.8 Å². The molecule has 1 heterocycles. The largest absolute Gasteiger partial charge is 0.444 e. The van der Waals surface area contributed by atoms with Gasteiger partial charge in [0.2, 0.25) is 0 Å². The smallest absolute Gasteiger partial charge is 0.410 e. The Hall–Kier alpha value is -0.800. The molecule has 0 spiro atoms. The van der Waals surface area contributed by atoms with Crippen molar-refractivity contribution >= 4 is 6.09 Å². The van der Waals surface area contributed by atoms with E-state index < -0.39 is 17.9 Å². The first kappa shape index (κ1) is 11.3. The van der Waals surface area contributed by atoms with E-state index in [1.54, 1.807) is 27.7 Å². The molecule has 14 heavy (non-hydrogen) atoms. The summed E-state index contributed by atoms with van der Waals surface area (Å²) in [5.41, 5.74) is -0.505. The highest BCUT2D eigenvalue weighted by molar-refractivity contribution is 5.68. The molecule has 1 amide bonds. The number of likely N-dealkylation sites (tertiary alicyclic amines) is 1. The molecule has 1 aliphatic heterocycles. The van der Waals surface area contributed by atoms with Crippen molar-refractivity contribution in [3.8, 4) is 0 Å². The fourth-order valence-corrected chi connectivity index (χ4v) is 1.40. The number of rotatable bonds is 0. The molecule has 0 aromatic carbocycles. The molecule has 0 aromatic rings. The first-order valence-electron chi connectivity index (χ1n) is 4.91. The van der Waals surface area contributed by atoms with Gasteiger partial charge in [0, 0.05) is 12.5 Å². The highest BCUT2D eigenvalue weighted by Crippen LogP contribution is 2.21. The number of ether oxygens (including phenoxy) is 1. The van der Waals surface area contributed by atoms with Gasteiger partial charge in [-0.15, -0.1) is 0 Å². The van der Waals surface area contributed by atoms with Crippen molar-refractivity contribution < 1.29 is 13.9 Å². The minimum absolute atomic E-state index is 0.0810. The van der Waals surface area contributed by atoms with Crippen LogP contribution < -0.4 is 0 Å². The number of carbonyl (C=O) groups excluding carboxylic acids is 1. The zero-order chi connectivity index (χ0) is 10.9. The molecule has 2 atom stereocenters. The molecular weight excluding hydrogens is 185 g/mol. The Balaban J connectivity index is 2.48. The summed E-state index contributed by atoms with van der Waals surface area (Å²) in [4.78, 5) is 12.9. The summed E-state index contributed by atoms with van der Waals surface area (Å²) in [7, 11) is 0. The number of hydrogen-bond acceptors (Lipinski definition) is 2. The Morgan fingerprint density at radius 2 is 2.00 bits per heavy atom. The Labute approximate surface area is 84.2 Å². The van der Waals surface area contributed by atoms with E-state index in [1.807, 2.05) is 0 Å². The van der Waals surface area contributed by atoms with E-state index in [4.69, 9.17) is 4.74 Å². The molecular formula is C10H18FNO2. The second kappa shape index (κ2) is 3.75. The fraction of sp³-hybridized carbons (Fsp3) is 0.900. The maximum absolute atomic E-state index is 13.1. The van der Waals surface area contributed by atoms with Gasteiger partial charge in [0.15, 0.2) is 0 Å². The molecule has 3 nitrogen and oxygen atoms in total. The van der Waals surface area contributed by atoms with Crippen molar-refractivity contribution in [2.75, 3.05) is 13.1 Å². The molecule has 1 fully saturated rings. The third-order valence-corrected chi connectivity index (χ3v) is 2.17. The van der Waals surface area contributed by atoms with Gasteiger partial charge >= 0.3 is 6.09 Å². The molecule has 0 unspecified atom stereocenters. The third kappa shape index (κ3) is 2.86. The van der Waals surface area contributed by atoms with Crippen molar-refractivity contribution in [1.29, 1.82) is 0 Å². The van der Waals surface area contributed by atoms with Gasteiger partial charge in [0.25, 0.3) is 0 Å². The fourth-order valence-electron chi connectivity index (χ4n) is 1.40. The van der Waals surface area contributed by atoms with Gasteiger partial charge in [-0.2, -0.15) is 0 Å². The lowest BCUT2D eigenvalue weighted by molar-refractivity contribution is 0.0281. The summed E-state index contributed by atoms with van der Waals surface area (Å²) in [6, 6.07) is 0. The molecule has 0 aliphatic carbocycles. The first-order valence-corrected chi connectivity index (χ1v) is 4.91. The average Bonchev–Trinajstić information content (AvgIpc) is 2.28. The van der Waals surface area contributed by atoms with Crippen LogP contribution in [0.1, 0.15) is 27.7 Å². The molecule has 1 saturated heterocycles. The molecule has 82 valence electrons. The Bertz CT molecular complexity index is 215. The molecule has 1 rings (SSSR count). The van der Waals surface area contributed by atoms with Gasteiger partial charge in [0.1, 0.15) is 11.8 Å². The van der Waals surface area contributed by atoms with Crippen LogP contribution in [0.2, 0.25) is 0 Å². The third-order valence-electron chi connectivity index (χ3n) is 2.17. The summed E-state index contributed by atoms with van der Waals surface area (Å²) < 4.78 is 18.2. The number of carbonyl (C=O) groups is 1. The average molecular weight is 203 g/mol. The van der Waals surface area contributed by atoms with Crippen LogP contribution in [0.25, 0.3) is 0 Å². The van der Waals surface area contributed by atoms with Crippen molar-refractivity contribution in [3.05, 3.63) is 0 Å². The van der Waals surface area contributed by atoms with Crippen LogP contribution in [0.3, 0.4) is 0 Å². The van der Waals surface area contributed by atoms with Crippen LogP contribution in [0.5, 0.6) is 0 Å². The van der Waals surface area contributed by atoms with Crippen LogP contribution in [-0.2, 0) is 4.74 Å². The topological polar surface area (TPSA) is 29.5 Å². The predicted molar refractivity (Wildman–Crippen MR) is 51.9 cm³/mol. The molecule has 0 aromatic heterocycles. The standard InChI is InChI=1S/C10H18FNO2/c1-7-5-12(6-8(7)11)9(13)14-10(2,3)4/h7-8H,5-6H2,1-4H3/t7-,8-/m0/s1. The summed E-state index contributed by atoms with van der Waals surface area (Å²) in [6.45, 7) is 7.83. The van der Waals surface area contributed by atoms with Crippen LogP contribution >= 0.6 is 0 Å². The van der Waals surface area contributed by atoms with E-state index in [1.165, 1.54) is 4.90 Å². The quantitative estimate of drug-likeness (QED) is 0.604. The van der Waals surface area contributed by atoms with Crippen LogP contribution in [-0.4, -0.2) is 35.9 Å². The lowest BCUT2D eigenvalue weighted by Crippen LogP contribution is -2.35. The normalized spacial score (nSPS) is 27.9. The molecule has 0 N–H and O–H groups in total. The molecule has 0 bridgehead atoms. The van der Waals surface area contributed by atoms with E-state index in [2.05, 4.69) is 0 Å². The van der Waals surface area contributed by atoms with Crippen LogP contribution in [0.15, 0.2) is 0 Å². The zero-order valence-corrected chi connectivity index (χ0v) is 9.21. The minimum Gasteiger partial charge on any atom is -0.444 e. The molecule has 1 aliphatic rings. The van der Waals surface area contributed by atoms with Gasteiger partial charge in [0.05, 0.1) is 6.54 Å². The minimum atomic E-state index is -0.914. The number of nitrogens with zero attached hydrogens (tertiary/aromatic N) is 1. The summed E-state index contributed by atoms with van der Waals surface area (Å²) in [5, 5.41) is 0. The highest BCUT2D eigenvalue weighted by atomic mass is 19.1. The number of halogens is 1. The zero-order valence-electron chi connectivity index (χ0n) is 9.21. The highest BCUT2D eigenvalue weighted by Gasteiger charge is 2.34. The van der Waals surface area contributed by atoms with Crippen LogP contribution in [0.4, 0.5) is 9.18 Å². The lowest BCUT2D eigenvalue weighted by Gasteiger charge is -2.24. The predicted octanol–water partition coefficient (Wildman–Crippen LogP) is 2.21. The Kier molecular flexibility index (Phi) is 3.02. The number of hydrogen-bond donors (Lipinski definition) is 0. The van der Waals surface area contributed by atoms with Crippen molar-refractivity contribution in [1.82, 2.24) is 4.90 Å². The maximum Gasteiger partial charge on any atom is 0.410 e. The lowest BCUT2D eigenvalue weighted by atomic mass is 10.1. The van der Waals surface area contributed by atoms with Gasteiger partial charge < -0.3 is 9.64 Å². The molecule has 0 saturated carbocycles. The van der Waals surface area contributed by atoms with Crippen molar-refractivity contribution in [2.45, 2.75) is 39.5 Å². The van der Waals surface area contributed by atoms with E-state index in [9.17, 15) is 9.18 Å². The summed E-state index contributed by atoms with van der Waals surface area (Å²) in [6.07, 6.45) is -1.33. The SMILES string of the molecule is C[C@H]1CN(C(=O)OC(C)(C)C)C[C@@H]1F. The molecule has 0 radical (unpaired) electrons. The van der Waals surface area contributed by atoms with Crippen molar-refractivity contribution in [2.24, 2.45) is 5.92 Å². The Morgan fingerprint density at radius 3 is 2.36 bits per heavy atom. The van der Waals surface area contributed by atoms with E-state index >= 15 is 0 Å². The molecule has 4 heteroatoms. The van der Waals surface area contributed by atoms with E-state index in [0.717, 1.165) is 0 Å². The van der Waals surface area contributed by atoms with Gasteiger partial charge in [-0.25, -0.2) is 9.18 Å². The van der Waals surface area contributed by atoms with Crippen LogP contribution in [0, 0.1) is 5.92 Å². The van der Waals surface area contributed by atoms with Crippen molar-refractivity contribution in [3.63, 3.8) is 0 Å². The monoisotopic (exact) mass is 203 g/mol. The van der Waals surface area contributed by atoms with E-state index in [-0.39, 0.29) is 12.5 Å². The number of alkyl halides is 1. The summed E-state index contributed by atoms with van der Waals surface area (Å²) in [5.74, 6) is -0.0810. The maximum atomic E-state index is 13.1. The first-order chi connectivity index (χ1) is 6.29. The van der Waals surface area contributed by atoms with Gasteiger partial charge in [-0.3, -0.25) is 0 Å². The summed E-state index contributed by atoms with van der Waals surface area (Å²) >= 11 is 0. The second-order valence-electron chi connectivity index (χ2n) is 4.88. The van der Waals surface area contributed by atoms with E-state index in [0.29, 0.717) is 6.54 Å².